The van der Waals surface area contributed by atoms with E-state index >= 15 is 9.59 Å². The standard InChI is InChI=1S/2C35H64O12Si7.2CH3.2Ga/c2*36-48(29-15-1-2-16-29)39-51(32-21-7-8-22-32)41-49(37,30-17-3-4-18-30)43-53(34-25-11-12-26-34)44-50(38,31-19-5-6-20-31)42-52(40-48,33-23-9-10-24-33)46-54(45-51,47-53)35-27-13-14-28-35;;;;/h2*29-36H,1-28H2;2*1H3;;/q2*-2;;;2*+2. The van der Waals surface area contributed by atoms with Crippen LogP contribution in [0.5, 0.6) is 0 Å². The zero-order valence-corrected chi connectivity index (χ0v) is 86.6. The third-order valence-corrected chi connectivity index (χ3v) is 115. The molecule has 24 nitrogen and oxygen atoms in total. The van der Waals surface area contributed by atoms with Crippen molar-refractivity contribution in [2.24, 2.45) is 0 Å². The molecule has 0 amide bonds. The van der Waals surface area contributed by atoms with E-state index < -0.39 is 157 Å². The summed E-state index contributed by atoms with van der Waals surface area (Å²) in [5.74, 6) is 0. The van der Waals surface area contributed by atoms with E-state index in [1.165, 1.54) is 0 Å². The first-order valence-electron chi connectivity index (χ1n) is 47.2. The molecule has 2 N–H and O–H groups in total. The third kappa shape index (κ3) is 14.6. The molecular formula is C72H134Ga2O24Si14. The first-order valence-corrected chi connectivity index (χ1v) is 81.3. The molecule has 8 unspecified atom stereocenters. The Labute approximate surface area is 695 Å². The van der Waals surface area contributed by atoms with E-state index in [0.29, 0.717) is 0 Å². The molecule has 40 heteroatoms. The number of hydrogen-bond donors (Lipinski definition) is 2. The molecule has 21 aliphatic rings. The van der Waals surface area contributed by atoms with E-state index in [0.717, 1.165) is 360 Å². The molecule has 0 spiro atoms. The molecule has 628 valence electrons. The van der Waals surface area contributed by atoms with Gasteiger partial charge in [0.2, 0.25) is 0 Å². The summed E-state index contributed by atoms with van der Waals surface area (Å²) in [4.78, 5) is 30.5. The molecule has 7 saturated heterocycles. The molecule has 0 aromatic heterocycles. The predicted octanol–water partition coefficient (Wildman–Crippen LogP) is 19.0. The van der Waals surface area contributed by atoms with E-state index in [1.54, 1.807) is 0 Å². The molecule has 0 aromatic rings. The second kappa shape index (κ2) is 32.3. The molecule has 112 heavy (non-hydrogen) atoms. The van der Waals surface area contributed by atoms with Gasteiger partial charge in [0, 0.05) is 0 Å². The first kappa shape index (κ1) is 82.3. The van der Waals surface area contributed by atoms with Crippen molar-refractivity contribution in [2.75, 3.05) is 0 Å². The summed E-state index contributed by atoms with van der Waals surface area (Å²) in [5.41, 5.74) is 1.34. The van der Waals surface area contributed by atoms with Crippen molar-refractivity contribution in [3.05, 3.63) is 0 Å². The summed E-state index contributed by atoms with van der Waals surface area (Å²) in [7, 11) is -64.0. The van der Waals surface area contributed by atoms with Crippen molar-refractivity contribution in [2.45, 2.75) is 448 Å². The molecule has 0 aromatic carbocycles. The van der Waals surface area contributed by atoms with Crippen molar-refractivity contribution < 1.29 is 96.5 Å². The van der Waals surface area contributed by atoms with Crippen LogP contribution in [0.4, 0.5) is 0 Å². The Kier molecular flexibility index (Phi) is 23.7. The van der Waals surface area contributed by atoms with Crippen LogP contribution in [0.15, 0.2) is 0 Å². The van der Waals surface area contributed by atoms with Crippen LogP contribution in [-0.4, -0.2) is 167 Å². The quantitative estimate of drug-likeness (QED) is 0.154. The predicted molar refractivity (Wildman–Crippen MR) is 443 cm³/mol. The molecule has 12 bridgehead atoms. The summed E-state index contributed by atoms with van der Waals surface area (Å²) in [6, 6.07) is 0. The van der Waals surface area contributed by atoms with Crippen molar-refractivity contribution in [3.8, 4) is 0 Å². The topological polar surface area (TPSA) is 244 Å². The molecule has 8 atom stereocenters. The van der Waals surface area contributed by atoms with Crippen LogP contribution in [0, 0.1) is 0 Å². The maximum absolute atomic E-state index is 15.3. The van der Waals surface area contributed by atoms with Crippen LogP contribution >= 0.6 is 0 Å². The van der Waals surface area contributed by atoms with Crippen LogP contribution in [0.1, 0.15) is 360 Å². The Balaban J connectivity index is 0.870. The van der Waals surface area contributed by atoms with Gasteiger partial charge in [0.15, 0.2) is 0 Å². The van der Waals surface area contributed by atoms with Gasteiger partial charge in [-0.1, -0.05) is 0 Å². The Morgan fingerprint density at radius 1 is 0.152 bits per heavy atom. The fourth-order valence-electron chi connectivity index (χ4n) is 26.7. The Hall–Kier alpha value is 3.35. The molecule has 14 saturated carbocycles. The summed E-state index contributed by atoms with van der Waals surface area (Å²) in [6.45, 7) is 0. The Morgan fingerprint density at radius 2 is 0.250 bits per heavy atom. The SMILES string of the molecule is [CH3][Ga]1[O][Si]2(C3CCCC3)O[Si]3(C4CCCC4)O[Si](O)(C4CCCC4)O[Si]4(C5CCCC5)O[Si](C5CCCC5)([O][Ga]([CH3])[O][Si]5(C6CCCC6)O[Si]6(C7CCCC7)O[Si](O)(C7CCCC7)O[Si]7(C8CCCC8)O[Si](C8CCCC8)([O]1)O[Si](C1CCCC1)(O5)O[Si](C1CCCC1)(O7)O6)O[Si](C1CCCC1)(O2)O[Si](C1CCCC1)(O3)O4. The molecule has 7 heterocycles. The van der Waals surface area contributed by atoms with E-state index in [-0.39, 0.29) is 77.6 Å². The molecule has 21 fully saturated rings. The van der Waals surface area contributed by atoms with Crippen LogP contribution in [0.2, 0.25) is 88.5 Å². The van der Waals surface area contributed by atoms with Crippen molar-refractivity contribution in [3.63, 3.8) is 0 Å². The molecule has 14 aliphatic carbocycles. The van der Waals surface area contributed by atoms with Gasteiger partial charge in [-0.05, 0) is 0 Å². The van der Waals surface area contributed by atoms with E-state index in [9.17, 15) is 16.5 Å². The van der Waals surface area contributed by atoms with Crippen LogP contribution < -0.4 is 0 Å². The van der Waals surface area contributed by atoms with Gasteiger partial charge < -0.3 is 0 Å². The van der Waals surface area contributed by atoms with E-state index in [2.05, 4.69) is 11.0 Å². The summed E-state index contributed by atoms with van der Waals surface area (Å²) < 4.78 is 198. The summed E-state index contributed by atoms with van der Waals surface area (Å²) >= 11 is -8.58. The van der Waals surface area contributed by atoms with Gasteiger partial charge in [0.05, 0.1) is 0 Å². The molecule has 21 rings (SSSR count). The normalized spacial score (nSPS) is 48.2. The summed E-state index contributed by atoms with van der Waals surface area (Å²) in [5, 5.41) is 0. The van der Waals surface area contributed by atoms with Gasteiger partial charge in [0.1, 0.15) is 0 Å². The molecule has 7 aliphatic heterocycles. The van der Waals surface area contributed by atoms with Gasteiger partial charge in [-0.3, -0.25) is 0 Å². The van der Waals surface area contributed by atoms with E-state index in [4.69, 9.17) is 70.5 Å². The van der Waals surface area contributed by atoms with E-state index in [1.807, 2.05) is 0 Å². The number of fused-ring (bicyclic) bond motifs is 8. The average Bonchev–Trinajstić information content (AvgIpc) is 1.10. The van der Waals surface area contributed by atoms with Crippen molar-refractivity contribution in [1.29, 1.82) is 0 Å². The monoisotopic (exact) mass is 1910 g/mol. The zero-order valence-electron chi connectivity index (χ0n) is 67.7. The second-order valence-electron chi connectivity index (χ2n) is 39.7. The molecular weight excluding hydrogens is 1780 g/mol. The fraction of sp³-hybridized carbons (Fsp3) is 1.00. The van der Waals surface area contributed by atoms with Crippen LogP contribution in [0.25, 0.3) is 0 Å². The van der Waals surface area contributed by atoms with Gasteiger partial charge in [-0.2, -0.15) is 0 Å². The zero-order chi connectivity index (χ0) is 75.4. The van der Waals surface area contributed by atoms with Gasteiger partial charge in [-0.25, -0.2) is 0 Å². The third-order valence-electron chi connectivity index (χ3n) is 32.5. The first-order chi connectivity index (χ1) is 54.4. The average molecular weight is 1920 g/mol. The number of rotatable bonds is 14. The van der Waals surface area contributed by atoms with Crippen molar-refractivity contribution >= 4 is 157 Å². The van der Waals surface area contributed by atoms with Crippen LogP contribution in [0.3, 0.4) is 0 Å². The second-order valence-corrected chi connectivity index (χ2v) is 94.5. The van der Waals surface area contributed by atoms with Gasteiger partial charge in [0.25, 0.3) is 0 Å². The minimum atomic E-state index is -4.66. The number of hydrogen-bond acceptors (Lipinski definition) is 24. The fourth-order valence-corrected chi connectivity index (χ4v) is 141. The van der Waals surface area contributed by atoms with Crippen LogP contribution in [-0.2, 0) is 86.9 Å². The summed E-state index contributed by atoms with van der Waals surface area (Å²) in [6.07, 6.45) is 49.6. The Morgan fingerprint density at radius 3 is 0.384 bits per heavy atom. The maximum atomic E-state index is 15.3. The molecule has 0 radical (unpaired) electrons. The van der Waals surface area contributed by atoms with Gasteiger partial charge >= 0.3 is 702 Å². The van der Waals surface area contributed by atoms with Crippen molar-refractivity contribution in [1.82, 2.24) is 0 Å². The van der Waals surface area contributed by atoms with Gasteiger partial charge in [-0.15, -0.1) is 0 Å². The minimum absolute atomic E-state index is 0.150. The Bertz CT molecular complexity index is 2950.